The molecule has 2 aromatic rings. The van der Waals surface area contributed by atoms with Crippen molar-refractivity contribution in [1.29, 1.82) is 0 Å². The van der Waals surface area contributed by atoms with Crippen LogP contribution in [0.15, 0.2) is 38.0 Å². The Bertz CT molecular complexity index is 514. The number of aliphatic hydroxyl groups is 1. The Hall–Kier alpha value is -1.00. The van der Waals surface area contributed by atoms with Gasteiger partial charge in [-0.15, -0.1) is 0 Å². The molecule has 0 saturated heterocycles. The summed E-state index contributed by atoms with van der Waals surface area (Å²) in [5.74, 6) is 1.42. The first-order valence-electron chi connectivity index (χ1n) is 5.24. The third kappa shape index (κ3) is 1.30. The van der Waals surface area contributed by atoms with Crippen molar-refractivity contribution >= 4 is 15.9 Å². The predicted molar refractivity (Wildman–Crippen MR) is 61.1 cm³/mol. The number of halogens is 1. The third-order valence-corrected chi connectivity index (χ3v) is 3.75. The van der Waals surface area contributed by atoms with Gasteiger partial charge in [-0.05, 0) is 40.9 Å². The molecule has 1 aliphatic rings. The molecule has 1 N–H and O–H groups in total. The van der Waals surface area contributed by atoms with Gasteiger partial charge in [0.1, 0.15) is 5.76 Å². The highest BCUT2D eigenvalue weighted by molar-refractivity contribution is 9.10. The largest absolute Gasteiger partial charge is 0.469 e. The van der Waals surface area contributed by atoms with Crippen LogP contribution in [0.25, 0.3) is 0 Å². The Labute approximate surface area is 101 Å². The monoisotopic (exact) mass is 282 g/mol. The molecular weight excluding hydrogens is 272 g/mol. The normalized spacial score (nSPS) is 24.4. The Morgan fingerprint density at radius 1 is 1.25 bits per heavy atom. The summed E-state index contributed by atoms with van der Waals surface area (Å²) in [4.78, 5) is 0. The highest BCUT2D eigenvalue weighted by Gasteiger charge is 2.41. The van der Waals surface area contributed by atoms with E-state index in [9.17, 15) is 5.11 Å². The molecule has 0 bridgehead atoms. The zero-order chi connectivity index (χ0) is 11.2. The SMILES string of the molecule is OC1(c2occc2Br)CCCc2occc21. The van der Waals surface area contributed by atoms with E-state index < -0.39 is 5.60 Å². The van der Waals surface area contributed by atoms with Crippen LogP contribution in [-0.4, -0.2) is 5.11 Å². The van der Waals surface area contributed by atoms with Crippen LogP contribution < -0.4 is 0 Å². The molecule has 1 aliphatic carbocycles. The van der Waals surface area contributed by atoms with E-state index in [1.54, 1.807) is 18.6 Å². The van der Waals surface area contributed by atoms with Crippen molar-refractivity contribution in [2.45, 2.75) is 24.9 Å². The van der Waals surface area contributed by atoms with Gasteiger partial charge < -0.3 is 13.9 Å². The molecule has 2 aromatic heterocycles. The zero-order valence-electron chi connectivity index (χ0n) is 8.57. The van der Waals surface area contributed by atoms with Crippen LogP contribution in [0, 0.1) is 0 Å². The molecule has 0 fully saturated rings. The van der Waals surface area contributed by atoms with Crippen molar-refractivity contribution in [3.8, 4) is 0 Å². The fraction of sp³-hybridized carbons (Fsp3) is 0.333. The third-order valence-electron chi connectivity index (χ3n) is 3.13. The minimum atomic E-state index is -1.05. The smallest absolute Gasteiger partial charge is 0.154 e. The van der Waals surface area contributed by atoms with E-state index in [0.717, 1.165) is 28.6 Å². The second-order valence-corrected chi connectivity index (χ2v) is 4.92. The van der Waals surface area contributed by atoms with Crippen molar-refractivity contribution in [2.24, 2.45) is 0 Å². The highest BCUT2D eigenvalue weighted by atomic mass is 79.9. The standard InChI is InChI=1S/C12H11BrO3/c13-9-4-7-16-11(9)12(14)5-1-2-10-8(12)3-6-15-10/h3-4,6-7,14H,1-2,5H2. The average molecular weight is 283 g/mol. The minimum absolute atomic E-state index is 0.565. The topological polar surface area (TPSA) is 46.5 Å². The molecule has 0 amide bonds. The number of rotatable bonds is 1. The summed E-state index contributed by atoms with van der Waals surface area (Å²) in [6, 6.07) is 3.62. The first-order valence-corrected chi connectivity index (χ1v) is 6.04. The molecule has 84 valence electrons. The van der Waals surface area contributed by atoms with Gasteiger partial charge in [-0.1, -0.05) is 0 Å². The van der Waals surface area contributed by atoms with E-state index in [0.29, 0.717) is 12.2 Å². The molecule has 1 unspecified atom stereocenters. The molecule has 0 aliphatic heterocycles. The summed E-state index contributed by atoms with van der Waals surface area (Å²) in [7, 11) is 0. The van der Waals surface area contributed by atoms with Crippen molar-refractivity contribution in [1.82, 2.24) is 0 Å². The molecule has 3 nitrogen and oxygen atoms in total. The van der Waals surface area contributed by atoms with Crippen molar-refractivity contribution < 1.29 is 13.9 Å². The van der Waals surface area contributed by atoms with Crippen LogP contribution >= 0.6 is 15.9 Å². The maximum absolute atomic E-state index is 10.8. The quantitative estimate of drug-likeness (QED) is 0.874. The summed E-state index contributed by atoms with van der Waals surface area (Å²) in [6.45, 7) is 0. The molecule has 1 atom stereocenters. The molecular formula is C12H11BrO3. The van der Waals surface area contributed by atoms with E-state index in [2.05, 4.69) is 15.9 Å². The van der Waals surface area contributed by atoms with Crippen molar-refractivity contribution in [2.75, 3.05) is 0 Å². The molecule has 2 heterocycles. The van der Waals surface area contributed by atoms with Crippen LogP contribution in [-0.2, 0) is 12.0 Å². The maximum atomic E-state index is 10.8. The minimum Gasteiger partial charge on any atom is -0.469 e. The van der Waals surface area contributed by atoms with Gasteiger partial charge >= 0.3 is 0 Å². The van der Waals surface area contributed by atoms with Gasteiger partial charge in [-0.3, -0.25) is 0 Å². The lowest BCUT2D eigenvalue weighted by molar-refractivity contribution is 0.0359. The lowest BCUT2D eigenvalue weighted by Gasteiger charge is -2.30. The summed E-state index contributed by atoms with van der Waals surface area (Å²) < 4.78 is 11.6. The van der Waals surface area contributed by atoms with Gasteiger partial charge in [0.25, 0.3) is 0 Å². The fourth-order valence-corrected chi connectivity index (χ4v) is 2.90. The highest BCUT2D eigenvalue weighted by Crippen LogP contribution is 2.43. The molecule has 4 heteroatoms. The van der Waals surface area contributed by atoms with Crippen molar-refractivity contribution in [3.05, 3.63) is 46.2 Å². The fourth-order valence-electron chi connectivity index (χ4n) is 2.37. The van der Waals surface area contributed by atoms with E-state index in [1.165, 1.54) is 0 Å². The summed E-state index contributed by atoms with van der Waals surface area (Å²) in [5.41, 5.74) is -0.225. The molecule has 0 radical (unpaired) electrons. The lowest BCUT2D eigenvalue weighted by atomic mass is 9.81. The Kier molecular flexibility index (Phi) is 2.23. The Morgan fingerprint density at radius 3 is 2.81 bits per heavy atom. The molecule has 16 heavy (non-hydrogen) atoms. The van der Waals surface area contributed by atoms with Gasteiger partial charge in [-0.2, -0.15) is 0 Å². The molecule has 0 spiro atoms. The second kappa shape index (κ2) is 3.50. The maximum Gasteiger partial charge on any atom is 0.154 e. The van der Waals surface area contributed by atoms with E-state index >= 15 is 0 Å². The first-order chi connectivity index (χ1) is 7.72. The number of hydrogen-bond acceptors (Lipinski definition) is 3. The van der Waals surface area contributed by atoms with Crippen LogP contribution in [0.4, 0.5) is 0 Å². The predicted octanol–water partition coefficient (Wildman–Crippen LogP) is 3.21. The Balaban J connectivity index is 2.18. The van der Waals surface area contributed by atoms with Crippen molar-refractivity contribution in [3.63, 3.8) is 0 Å². The van der Waals surface area contributed by atoms with Crippen LogP contribution in [0.3, 0.4) is 0 Å². The Morgan fingerprint density at radius 2 is 2.06 bits per heavy atom. The van der Waals surface area contributed by atoms with Crippen LogP contribution in [0.1, 0.15) is 29.9 Å². The van der Waals surface area contributed by atoms with Crippen LogP contribution in [0.5, 0.6) is 0 Å². The summed E-state index contributed by atoms with van der Waals surface area (Å²) in [6.07, 6.45) is 5.63. The van der Waals surface area contributed by atoms with Gasteiger partial charge in [-0.25, -0.2) is 0 Å². The average Bonchev–Trinajstić information content (AvgIpc) is 2.86. The second-order valence-electron chi connectivity index (χ2n) is 4.07. The van der Waals surface area contributed by atoms with E-state index in [4.69, 9.17) is 8.83 Å². The summed E-state index contributed by atoms with van der Waals surface area (Å²) in [5, 5.41) is 10.8. The van der Waals surface area contributed by atoms with Gasteiger partial charge in [0.05, 0.1) is 17.0 Å². The number of fused-ring (bicyclic) bond motifs is 1. The zero-order valence-corrected chi connectivity index (χ0v) is 10.2. The van der Waals surface area contributed by atoms with Gasteiger partial charge in [0, 0.05) is 12.0 Å². The summed E-state index contributed by atoms with van der Waals surface area (Å²) >= 11 is 3.39. The van der Waals surface area contributed by atoms with Gasteiger partial charge in [0.15, 0.2) is 11.4 Å². The number of aryl methyl sites for hydroxylation is 1. The van der Waals surface area contributed by atoms with E-state index in [1.807, 2.05) is 6.07 Å². The molecule has 0 saturated carbocycles. The lowest BCUT2D eigenvalue weighted by Crippen LogP contribution is -2.30. The van der Waals surface area contributed by atoms with Crippen LogP contribution in [0.2, 0.25) is 0 Å². The van der Waals surface area contributed by atoms with Gasteiger partial charge in [0.2, 0.25) is 0 Å². The molecule has 0 aromatic carbocycles. The number of furan rings is 2. The van der Waals surface area contributed by atoms with E-state index in [-0.39, 0.29) is 0 Å². The molecule has 3 rings (SSSR count). The first kappa shape index (κ1) is 10.2. The number of hydrogen-bond donors (Lipinski definition) is 1.